The number of amidine groups is 1. The summed E-state index contributed by atoms with van der Waals surface area (Å²) >= 11 is 0. The van der Waals surface area contributed by atoms with E-state index >= 15 is 0 Å². The van der Waals surface area contributed by atoms with E-state index in [1.165, 1.54) is 19.9 Å². The van der Waals surface area contributed by atoms with Gasteiger partial charge >= 0.3 is 11.9 Å². The Morgan fingerprint density at radius 1 is 0.830 bits per heavy atom. The predicted molar refractivity (Wildman–Crippen MR) is 180 cm³/mol. The topological polar surface area (TPSA) is 168 Å². The first-order valence-electron chi connectivity index (χ1n) is 16.4. The van der Waals surface area contributed by atoms with E-state index in [2.05, 4.69) is 51.5 Å². The zero-order valence-electron chi connectivity index (χ0n) is 29.8. The van der Waals surface area contributed by atoms with Crippen LogP contribution in [0.15, 0.2) is 33.9 Å². The Hall–Kier alpha value is -3.20. The van der Waals surface area contributed by atoms with Crippen LogP contribution in [0.5, 0.6) is 5.75 Å². The molecule has 2 aliphatic carbocycles. The van der Waals surface area contributed by atoms with Crippen LogP contribution >= 0.6 is 0 Å². The summed E-state index contributed by atoms with van der Waals surface area (Å²) in [6.07, 6.45) is 6.93. The first-order chi connectivity index (χ1) is 21.4. The summed E-state index contributed by atoms with van der Waals surface area (Å²) in [5.74, 6) is 2.19. The van der Waals surface area contributed by atoms with Crippen LogP contribution in [0.2, 0.25) is 0 Å². The molecule has 256 valence electrons. The maximum atomic E-state index is 13.2. The molecule has 2 fully saturated rings. The Morgan fingerprint density at radius 2 is 1.28 bits per heavy atom. The number of aliphatic hydroxyl groups is 1. The molecule has 1 aromatic heterocycles. The van der Waals surface area contributed by atoms with Gasteiger partial charge in [-0.3, -0.25) is 14.4 Å². The number of hydrogen-bond acceptors (Lipinski definition) is 9. The molecule has 11 heteroatoms. The molecule has 0 spiro atoms. The van der Waals surface area contributed by atoms with Gasteiger partial charge in [-0.2, -0.15) is 0 Å². The minimum atomic E-state index is -0.253. The number of anilines is 1. The Balaban J connectivity index is 0.000000864. The SMILES string of the molecule is CC(=O)C=C(C)O.CC1=C(OC(=O)C2C(C)CC(C)CC2C)C(N)=N/C1=C\c1[n-]c(N)c(OC(=O)C2C(C)CC(C)CC2C)c1C.[Zn]. The molecular weight excluding hydrogens is 650 g/mol. The number of nitrogens with two attached hydrogens (primary N) is 2. The quantitative estimate of drug-likeness (QED) is 0.127. The van der Waals surface area contributed by atoms with Crippen molar-refractivity contribution in [2.45, 2.75) is 94.9 Å². The molecule has 5 N–H and O–H groups in total. The van der Waals surface area contributed by atoms with Crippen molar-refractivity contribution in [3.63, 3.8) is 0 Å². The predicted octanol–water partition coefficient (Wildman–Crippen LogP) is 6.64. The van der Waals surface area contributed by atoms with Gasteiger partial charge in [-0.15, -0.1) is 0 Å². The molecular formula is C36H53N4O6Zn-. The van der Waals surface area contributed by atoms with Crippen LogP contribution in [0.3, 0.4) is 0 Å². The van der Waals surface area contributed by atoms with E-state index in [1.54, 1.807) is 6.08 Å². The molecule has 1 aromatic rings. The summed E-state index contributed by atoms with van der Waals surface area (Å²) < 4.78 is 11.7. The summed E-state index contributed by atoms with van der Waals surface area (Å²) in [5.41, 5.74) is 14.8. The van der Waals surface area contributed by atoms with Gasteiger partial charge in [0.05, 0.1) is 23.3 Å². The smallest absolute Gasteiger partial charge is 0.315 e. The van der Waals surface area contributed by atoms with E-state index in [1.807, 2.05) is 13.8 Å². The average Bonchev–Trinajstić information content (AvgIpc) is 3.31. The fraction of sp³-hybridized carbons (Fsp3) is 0.611. The van der Waals surface area contributed by atoms with Gasteiger partial charge in [-0.1, -0.05) is 41.5 Å². The second kappa shape index (κ2) is 16.8. The number of ether oxygens (including phenoxy) is 2. The molecule has 4 rings (SSSR count). The van der Waals surface area contributed by atoms with Crippen molar-refractivity contribution in [3.05, 3.63) is 40.1 Å². The number of carbonyl (C=O) groups is 3. The van der Waals surface area contributed by atoms with E-state index in [0.29, 0.717) is 45.9 Å². The number of aliphatic imine (C=N–C) groups is 1. The van der Waals surface area contributed by atoms with Crippen molar-refractivity contribution in [1.29, 1.82) is 0 Å². The van der Waals surface area contributed by atoms with E-state index in [4.69, 9.17) is 26.0 Å². The van der Waals surface area contributed by atoms with Crippen molar-refractivity contribution in [2.75, 3.05) is 5.73 Å². The Morgan fingerprint density at radius 3 is 1.68 bits per heavy atom. The van der Waals surface area contributed by atoms with Crippen LogP contribution in [0.4, 0.5) is 5.82 Å². The molecule has 4 unspecified atom stereocenters. The summed E-state index contributed by atoms with van der Waals surface area (Å²) in [6, 6.07) is 0. The van der Waals surface area contributed by atoms with Crippen molar-refractivity contribution in [1.82, 2.24) is 4.98 Å². The fourth-order valence-corrected chi connectivity index (χ4v) is 7.81. The second-order valence-corrected chi connectivity index (χ2v) is 14.2. The van der Waals surface area contributed by atoms with E-state index in [9.17, 15) is 14.4 Å². The normalized spacial score (nSPS) is 30.1. The first kappa shape index (κ1) is 40.0. The van der Waals surface area contributed by atoms with Crippen molar-refractivity contribution >= 4 is 35.5 Å². The minimum Gasteiger partial charge on any atom is -0.512 e. The summed E-state index contributed by atoms with van der Waals surface area (Å²) in [5, 5.41) is 8.36. The maximum absolute atomic E-state index is 13.2. The third-order valence-corrected chi connectivity index (χ3v) is 9.58. The summed E-state index contributed by atoms with van der Waals surface area (Å²) in [7, 11) is 0. The molecule has 3 aliphatic rings. The van der Waals surface area contributed by atoms with Crippen LogP contribution in [0, 0.1) is 54.3 Å². The van der Waals surface area contributed by atoms with Gasteiger partial charge in [0.2, 0.25) is 0 Å². The number of ketones is 1. The number of allylic oxidation sites excluding steroid dienone is 3. The van der Waals surface area contributed by atoms with Crippen LogP contribution in [0.1, 0.15) is 99.3 Å². The van der Waals surface area contributed by atoms with Crippen molar-refractivity contribution in [3.8, 4) is 5.75 Å². The number of esters is 2. The largest absolute Gasteiger partial charge is 0.512 e. The van der Waals surface area contributed by atoms with Gasteiger partial charge < -0.3 is 31.0 Å². The number of aromatic nitrogens is 1. The average molecular weight is 703 g/mol. The number of rotatable bonds is 6. The van der Waals surface area contributed by atoms with Gasteiger partial charge in [0.15, 0.2) is 17.4 Å². The molecule has 0 saturated heterocycles. The number of nitrogens with zero attached hydrogens (tertiary/aromatic N) is 2. The standard InChI is InChI=1S/C31H45N4O4.C5H8O2.Zn/c1-14-9-16(3)24(17(4)10-14)30(36)38-26-20(7)22(34-28(26)32)13-23-21(8)27(29(33)35-23)39-31(37)25-18(5)11-15(2)12-19(25)6;1-4(6)3-5(2)7;/h13-19,24-25H,9-12H2,1-8H3,(H4-,32,33,34,35);3,6H,1-2H3;/q-1;;. The van der Waals surface area contributed by atoms with Gasteiger partial charge in [0, 0.05) is 31.1 Å². The zero-order chi connectivity index (χ0) is 34.6. The number of nitrogen functional groups attached to an aromatic ring is 1. The summed E-state index contributed by atoms with van der Waals surface area (Å²) in [4.78, 5) is 45.3. The number of hydrogen-bond donors (Lipinski definition) is 3. The molecule has 1 aliphatic heterocycles. The molecule has 0 radical (unpaired) electrons. The van der Waals surface area contributed by atoms with E-state index in [-0.39, 0.29) is 90.1 Å². The van der Waals surface area contributed by atoms with E-state index in [0.717, 1.165) is 25.7 Å². The van der Waals surface area contributed by atoms with Crippen LogP contribution in [-0.2, 0) is 38.6 Å². The molecule has 47 heavy (non-hydrogen) atoms. The van der Waals surface area contributed by atoms with Gasteiger partial charge in [0.1, 0.15) is 5.75 Å². The number of aliphatic hydroxyl groups excluding tert-OH is 1. The molecule has 0 bridgehead atoms. The molecule has 0 amide bonds. The Labute approximate surface area is 292 Å². The zero-order valence-corrected chi connectivity index (χ0v) is 32.8. The van der Waals surface area contributed by atoms with Gasteiger partial charge in [0.25, 0.3) is 0 Å². The third kappa shape index (κ3) is 9.91. The first-order valence-corrected chi connectivity index (χ1v) is 16.4. The van der Waals surface area contributed by atoms with Crippen LogP contribution in [0.25, 0.3) is 6.08 Å². The van der Waals surface area contributed by atoms with Crippen molar-refractivity contribution < 1.29 is 48.4 Å². The van der Waals surface area contributed by atoms with Gasteiger partial charge in [-0.25, -0.2) is 4.99 Å². The van der Waals surface area contributed by atoms with E-state index < -0.39 is 0 Å². The van der Waals surface area contributed by atoms with Crippen LogP contribution < -0.4 is 21.2 Å². The second-order valence-electron chi connectivity index (χ2n) is 14.2. The Kier molecular flexibility index (Phi) is 14.3. The Bertz CT molecular complexity index is 1430. The molecule has 10 nitrogen and oxygen atoms in total. The molecule has 0 aromatic carbocycles. The molecule has 4 atom stereocenters. The molecule has 2 heterocycles. The fourth-order valence-electron chi connectivity index (χ4n) is 7.81. The van der Waals surface area contributed by atoms with Gasteiger partial charge in [-0.05, 0) is 112 Å². The minimum absolute atomic E-state index is 0. The van der Waals surface area contributed by atoms with Crippen LogP contribution in [-0.4, -0.2) is 28.7 Å². The molecule has 2 saturated carbocycles. The maximum Gasteiger partial charge on any atom is 0.315 e. The monoisotopic (exact) mass is 701 g/mol. The third-order valence-electron chi connectivity index (χ3n) is 9.58. The number of carbonyl (C=O) groups excluding carboxylic acids is 3. The summed E-state index contributed by atoms with van der Waals surface area (Å²) in [6.45, 7) is 19.4. The van der Waals surface area contributed by atoms with Crippen molar-refractivity contribution in [2.24, 2.45) is 58.1 Å².